The number of piperidine rings is 1. The van der Waals surface area contributed by atoms with Gasteiger partial charge in [-0.3, -0.25) is 4.90 Å². The molecule has 1 aromatic rings. The third kappa shape index (κ3) is 3.76. The summed E-state index contributed by atoms with van der Waals surface area (Å²) in [4.78, 5) is 2.26. The lowest BCUT2D eigenvalue weighted by molar-refractivity contribution is -0.0802. The number of likely N-dealkylation sites (tertiary alicyclic amines) is 1. The largest absolute Gasteiger partial charge is 0.497 e. The van der Waals surface area contributed by atoms with Gasteiger partial charge in [0.25, 0.3) is 0 Å². The summed E-state index contributed by atoms with van der Waals surface area (Å²) in [6, 6.07) is 8.05. The molecule has 1 aliphatic heterocycles. The van der Waals surface area contributed by atoms with Crippen LogP contribution in [0.5, 0.6) is 5.75 Å². The van der Waals surface area contributed by atoms with Gasteiger partial charge in [-0.15, -0.1) is 0 Å². The van der Waals surface area contributed by atoms with Crippen molar-refractivity contribution >= 4 is 0 Å². The van der Waals surface area contributed by atoms with Gasteiger partial charge < -0.3 is 14.9 Å². The van der Waals surface area contributed by atoms with Gasteiger partial charge in [0.2, 0.25) is 0 Å². The van der Waals surface area contributed by atoms with Gasteiger partial charge in [-0.1, -0.05) is 25.5 Å². The van der Waals surface area contributed by atoms with Gasteiger partial charge in [0.15, 0.2) is 0 Å². The summed E-state index contributed by atoms with van der Waals surface area (Å²) in [6.45, 7) is 4.57. The fourth-order valence-corrected chi connectivity index (χ4v) is 3.26. The highest BCUT2D eigenvalue weighted by Crippen LogP contribution is 2.36. The molecule has 21 heavy (non-hydrogen) atoms. The van der Waals surface area contributed by atoms with Gasteiger partial charge in [-0.2, -0.15) is 0 Å². The Kier molecular flexibility index (Phi) is 5.62. The average Bonchev–Trinajstić information content (AvgIpc) is 2.51. The first-order chi connectivity index (χ1) is 10.1. The van der Waals surface area contributed by atoms with E-state index in [4.69, 9.17) is 4.74 Å². The number of β-amino-alcohol motifs (C(OH)–C–C–N with tert-alkyl or cyclic N) is 1. The summed E-state index contributed by atoms with van der Waals surface area (Å²) in [6.07, 6.45) is 2.29. The lowest BCUT2D eigenvalue weighted by Gasteiger charge is -2.44. The van der Waals surface area contributed by atoms with E-state index in [2.05, 4.69) is 24.0 Å². The molecule has 0 radical (unpaired) electrons. The fourth-order valence-electron chi connectivity index (χ4n) is 3.26. The second-order valence-electron chi connectivity index (χ2n) is 6.12. The Morgan fingerprint density at radius 1 is 1.33 bits per heavy atom. The predicted octanol–water partition coefficient (Wildman–Crippen LogP) is 2.04. The van der Waals surface area contributed by atoms with Gasteiger partial charge in [0.05, 0.1) is 19.8 Å². The zero-order valence-corrected chi connectivity index (χ0v) is 13.1. The Morgan fingerprint density at radius 3 is 2.57 bits per heavy atom. The maximum Gasteiger partial charge on any atom is 0.118 e. The highest BCUT2D eigenvalue weighted by molar-refractivity contribution is 5.27. The Hall–Kier alpha value is -1.10. The molecule has 1 aliphatic rings. The molecule has 4 heteroatoms. The molecular weight excluding hydrogens is 266 g/mol. The molecule has 1 aromatic carbocycles. The lowest BCUT2D eigenvalue weighted by Crippen LogP contribution is -2.52. The van der Waals surface area contributed by atoms with Crippen LogP contribution in [0.3, 0.4) is 0 Å². The summed E-state index contributed by atoms with van der Waals surface area (Å²) in [5, 5.41) is 20.1. The van der Waals surface area contributed by atoms with Crippen molar-refractivity contribution in [3.63, 3.8) is 0 Å². The third-order valence-corrected chi connectivity index (χ3v) is 4.69. The number of hydrogen-bond acceptors (Lipinski definition) is 4. The molecule has 0 amide bonds. The van der Waals surface area contributed by atoms with E-state index in [-0.39, 0.29) is 12.0 Å². The van der Waals surface area contributed by atoms with Crippen LogP contribution >= 0.6 is 0 Å². The van der Waals surface area contributed by atoms with Crippen molar-refractivity contribution < 1.29 is 14.9 Å². The first-order valence-electron chi connectivity index (χ1n) is 7.78. The van der Waals surface area contributed by atoms with E-state index < -0.39 is 6.10 Å². The Bertz CT molecular complexity index is 434. The van der Waals surface area contributed by atoms with Crippen LogP contribution in [0, 0.1) is 5.41 Å². The van der Waals surface area contributed by atoms with Gasteiger partial charge >= 0.3 is 0 Å². The molecule has 118 valence electrons. The Morgan fingerprint density at radius 2 is 2.05 bits per heavy atom. The Balaban J connectivity index is 1.95. The molecule has 2 N–H and O–H groups in total. The Labute approximate surface area is 127 Å². The molecule has 0 aliphatic carbocycles. The van der Waals surface area contributed by atoms with E-state index in [1.165, 1.54) is 5.56 Å². The van der Waals surface area contributed by atoms with E-state index in [0.29, 0.717) is 6.54 Å². The summed E-state index contributed by atoms with van der Waals surface area (Å²) >= 11 is 0. The number of ether oxygens (including phenoxy) is 1. The number of methoxy groups -OCH3 is 1. The summed E-state index contributed by atoms with van der Waals surface area (Å²) in [7, 11) is 1.66. The standard InChI is InChI=1S/C17H27NO3/c1-3-8-17(13-19)9-10-18(12-16(17)20)11-14-4-6-15(21-2)7-5-14/h4-7,16,19-20H,3,8-13H2,1-2H3/t16-,17-/m1/s1. The number of benzene rings is 1. The molecule has 2 rings (SSSR count). The third-order valence-electron chi connectivity index (χ3n) is 4.69. The van der Waals surface area contributed by atoms with Crippen molar-refractivity contribution in [2.75, 3.05) is 26.8 Å². The first-order valence-corrected chi connectivity index (χ1v) is 7.78. The first kappa shape index (κ1) is 16.3. The lowest BCUT2D eigenvalue weighted by atomic mass is 9.73. The normalized spacial score (nSPS) is 26.8. The molecule has 1 saturated heterocycles. The van der Waals surface area contributed by atoms with E-state index in [1.54, 1.807) is 7.11 Å². The van der Waals surface area contributed by atoms with E-state index in [9.17, 15) is 10.2 Å². The smallest absolute Gasteiger partial charge is 0.118 e. The maximum absolute atomic E-state index is 10.5. The van der Waals surface area contributed by atoms with Gasteiger partial charge in [0.1, 0.15) is 5.75 Å². The van der Waals surface area contributed by atoms with E-state index in [1.807, 2.05) is 12.1 Å². The number of aliphatic hydroxyl groups is 2. The number of rotatable bonds is 6. The predicted molar refractivity (Wildman–Crippen MR) is 83.3 cm³/mol. The van der Waals surface area contributed by atoms with Gasteiger partial charge in [-0.05, 0) is 37.1 Å². The highest BCUT2D eigenvalue weighted by Gasteiger charge is 2.40. The van der Waals surface area contributed by atoms with Crippen molar-refractivity contribution in [3.05, 3.63) is 29.8 Å². The van der Waals surface area contributed by atoms with Crippen molar-refractivity contribution in [1.29, 1.82) is 0 Å². The number of hydrogen-bond donors (Lipinski definition) is 2. The molecule has 0 unspecified atom stereocenters. The molecular formula is C17H27NO3. The second-order valence-corrected chi connectivity index (χ2v) is 6.12. The van der Waals surface area contributed by atoms with Crippen LogP contribution in [0.4, 0.5) is 0 Å². The molecule has 0 aromatic heterocycles. The van der Waals surface area contributed by atoms with Crippen LogP contribution in [0.2, 0.25) is 0 Å². The molecule has 1 heterocycles. The minimum absolute atomic E-state index is 0.0817. The van der Waals surface area contributed by atoms with Crippen LogP contribution in [0.15, 0.2) is 24.3 Å². The van der Waals surface area contributed by atoms with Crippen molar-refractivity contribution in [1.82, 2.24) is 4.90 Å². The highest BCUT2D eigenvalue weighted by atomic mass is 16.5. The summed E-state index contributed by atoms with van der Waals surface area (Å²) in [5.41, 5.74) is 0.917. The molecule has 2 atom stereocenters. The molecule has 1 fully saturated rings. The average molecular weight is 293 g/mol. The van der Waals surface area contributed by atoms with Crippen molar-refractivity contribution in [3.8, 4) is 5.75 Å². The topological polar surface area (TPSA) is 52.9 Å². The maximum atomic E-state index is 10.5. The molecule has 0 spiro atoms. The fraction of sp³-hybridized carbons (Fsp3) is 0.647. The SMILES string of the molecule is CCC[C@]1(CO)CCN(Cc2ccc(OC)cc2)C[C@H]1O. The van der Waals surface area contributed by atoms with Crippen LogP contribution in [-0.2, 0) is 6.54 Å². The minimum Gasteiger partial charge on any atom is -0.497 e. The van der Waals surface area contributed by atoms with Gasteiger partial charge in [-0.25, -0.2) is 0 Å². The monoisotopic (exact) mass is 293 g/mol. The number of nitrogens with zero attached hydrogens (tertiary/aromatic N) is 1. The minimum atomic E-state index is -0.450. The van der Waals surface area contributed by atoms with Crippen LogP contribution < -0.4 is 4.74 Å². The van der Waals surface area contributed by atoms with Crippen molar-refractivity contribution in [2.45, 2.75) is 38.8 Å². The zero-order chi connectivity index (χ0) is 15.3. The zero-order valence-electron chi connectivity index (χ0n) is 13.1. The van der Waals surface area contributed by atoms with E-state index in [0.717, 1.165) is 38.1 Å². The molecule has 0 saturated carbocycles. The van der Waals surface area contributed by atoms with Crippen LogP contribution in [0.25, 0.3) is 0 Å². The molecule has 4 nitrogen and oxygen atoms in total. The second kappa shape index (κ2) is 7.25. The summed E-state index contributed by atoms with van der Waals surface area (Å²) < 4.78 is 5.16. The number of aliphatic hydroxyl groups excluding tert-OH is 2. The quantitative estimate of drug-likeness (QED) is 0.843. The summed E-state index contributed by atoms with van der Waals surface area (Å²) in [5.74, 6) is 0.861. The van der Waals surface area contributed by atoms with Crippen LogP contribution in [0.1, 0.15) is 31.7 Å². The van der Waals surface area contributed by atoms with Crippen LogP contribution in [-0.4, -0.2) is 48.0 Å². The molecule has 0 bridgehead atoms. The van der Waals surface area contributed by atoms with E-state index >= 15 is 0 Å². The van der Waals surface area contributed by atoms with Gasteiger partial charge in [0, 0.05) is 18.5 Å². The van der Waals surface area contributed by atoms with Crippen molar-refractivity contribution in [2.24, 2.45) is 5.41 Å².